The number of halogens is 1. The summed E-state index contributed by atoms with van der Waals surface area (Å²) in [4.78, 5) is 23.3. The Morgan fingerprint density at radius 3 is 2.59 bits per heavy atom. The SMILES string of the molecule is CC(=O)c1cccc(NCC(=O)Nc2ccc(Cl)cc2C)c1. The molecule has 0 radical (unpaired) electrons. The molecule has 1 amide bonds. The molecule has 22 heavy (non-hydrogen) atoms. The highest BCUT2D eigenvalue weighted by molar-refractivity contribution is 6.30. The molecule has 2 rings (SSSR count). The predicted molar refractivity (Wildman–Crippen MR) is 89.8 cm³/mol. The van der Waals surface area contributed by atoms with Crippen LogP contribution in [0.3, 0.4) is 0 Å². The average molecular weight is 317 g/mol. The molecule has 4 nitrogen and oxygen atoms in total. The molecule has 0 saturated heterocycles. The van der Waals surface area contributed by atoms with E-state index >= 15 is 0 Å². The molecule has 0 atom stereocenters. The zero-order valence-electron chi connectivity index (χ0n) is 12.4. The fourth-order valence-corrected chi connectivity index (χ4v) is 2.22. The minimum Gasteiger partial charge on any atom is -0.376 e. The fraction of sp³-hybridized carbons (Fsp3) is 0.176. The number of aryl methyl sites for hydroxylation is 1. The number of Topliss-reactive ketones (excluding diaryl/α,β-unsaturated/α-hetero) is 1. The van der Waals surface area contributed by atoms with Crippen molar-refractivity contribution in [2.45, 2.75) is 13.8 Å². The molecule has 114 valence electrons. The summed E-state index contributed by atoms with van der Waals surface area (Å²) in [6, 6.07) is 12.3. The number of hydrogen-bond acceptors (Lipinski definition) is 3. The molecule has 2 aromatic rings. The van der Waals surface area contributed by atoms with E-state index in [4.69, 9.17) is 11.6 Å². The minimum absolute atomic E-state index is 0.00936. The van der Waals surface area contributed by atoms with Gasteiger partial charge in [0.25, 0.3) is 0 Å². The highest BCUT2D eigenvalue weighted by Crippen LogP contribution is 2.19. The number of ketones is 1. The Balaban J connectivity index is 1.95. The molecule has 0 bridgehead atoms. The monoisotopic (exact) mass is 316 g/mol. The van der Waals surface area contributed by atoms with Crippen LogP contribution in [0.4, 0.5) is 11.4 Å². The van der Waals surface area contributed by atoms with E-state index in [0.717, 1.165) is 16.9 Å². The lowest BCUT2D eigenvalue weighted by Gasteiger charge is -2.10. The molecule has 0 fully saturated rings. The quantitative estimate of drug-likeness (QED) is 0.822. The average Bonchev–Trinajstić information content (AvgIpc) is 2.48. The van der Waals surface area contributed by atoms with Crippen LogP contribution in [-0.4, -0.2) is 18.2 Å². The number of hydrogen-bond donors (Lipinski definition) is 2. The van der Waals surface area contributed by atoms with Crippen LogP contribution in [0, 0.1) is 6.92 Å². The Kier molecular flexibility index (Phi) is 5.17. The van der Waals surface area contributed by atoms with Crippen LogP contribution in [0.5, 0.6) is 0 Å². The Morgan fingerprint density at radius 2 is 1.91 bits per heavy atom. The van der Waals surface area contributed by atoms with Crippen molar-refractivity contribution in [2.24, 2.45) is 0 Å². The van der Waals surface area contributed by atoms with Crippen molar-refractivity contribution in [1.29, 1.82) is 0 Å². The third-order valence-corrected chi connectivity index (χ3v) is 3.42. The van der Waals surface area contributed by atoms with Crippen molar-refractivity contribution in [2.75, 3.05) is 17.2 Å². The van der Waals surface area contributed by atoms with Crippen LogP contribution >= 0.6 is 11.6 Å². The molecule has 0 aliphatic heterocycles. The number of carbonyl (C=O) groups excluding carboxylic acids is 2. The van der Waals surface area contributed by atoms with Gasteiger partial charge < -0.3 is 10.6 Å². The minimum atomic E-state index is -0.168. The number of carbonyl (C=O) groups is 2. The van der Waals surface area contributed by atoms with Gasteiger partial charge in [-0.1, -0.05) is 23.7 Å². The van der Waals surface area contributed by atoms with Crippen LogP contribution in [0.25, 0.3) is 0 Å². The topological polar surface area (TPSA) is 58.2 Å². The maximum atomic E-state index is 12.0. The normalized spacial score (nSPS) is 10.1. The lowest BCUT2D eigenvalue weighted by Crippen LogP contribution is -2.22. The number of benzene rings is 2. The second-order valence-corrected chi connectivity index (χ2v) is 5.43. The van der Waals surface area contributed by atoms with Gasteiger partial charge in [-0.25, -0.2) is 0 Å². The number of amides is 1. The van der Waals surface area contributed by atoms with Crippen molar-refractivity contribution in [3.63, 3.8) is 0 Å². The van der Waals surface area contributed by atoms with E-state index < -0.39 is 0 Å². The molecule has 0 saturated carbocycles. The third kappa shape index (κ3) is 4.33. The highest BCUT2D eigenvalue weighted by atomic mass is 35.5. The molecule has 0 aliphatic carbocycles. The Bertz CT molecular complexity index is 714. The summed E-state index contributed by atoms with van der Waals surface area (Å²) in [7, 11) is 0. The molecule has 0 spiro atoms. The number of anilines is 2. The van der Waals surface area contributed by atoms with Crippen LogP contribution in [-0.2, 0) is 4.79 Å². The fourth-order valence-electron chi connectivity index (χ4n) is 1.99. The third-order valence-electron chi connectivity index (χ3n) is 3.18. The van der Waals surface area contributed by atoms with Crippen molar-refractivity contribution in [3.05, 3.63) is 58.6 Å². The predicted octanol–water partition coefficient (Wildman–Crippen LogP) is 3.90. The molecular weight excluding hydrogens is 300 g/mol. The van der Waals surface area contributed by atoms with Gasteiger partial charge in [-0.2, -0.15) is 0 Å². The smallest absolute Gasteiger partial charge is 0.243 e. The molecule has 0 aromatic heterocycles. The summed E-state index contributed by atoms with van der Waals surface area (Å²) < 4.78 is 0. The van der Waals surface area contributed by atoms with E-state index in [1.807, 2.05) is 13.0 Å². The first-order valence-corrected chi connectivity index (χ1v) is 7.24. The standard InChI is InChI=1S/C17H17ClN2O2/c1-11-8-14(18)6-7-16(11)20-17(22)10-19-15-5-3-4-13(9-15)12(2)21/h3-9,19H,10H2,1-2H3,(H,20,22). The Morgan fingerprint density at radius 1 is 1.14 bits per heavy atom. The van der Waals surface area contributed by atoms with Crippen LogP contribution < -0.4 is 10.6 Å². The Hall–Kier alpha value is -2.33. The van der Waals surface area contributed by atoms with Gasteiger partial charge in [-0.3, -0.25) is 9.59 Å². The number of rotatable bonds is 5. The van der Waals surface area contributed by atoms with E-state index in [1.165, 1.54) is 6.92 Å². The van der Waals surface area contributed by atoms with E-state index in [9.17, 15) is 9.59 Å². The second kappa shape index (κ2) is 7.09. The van der Waals surface area contributed by atoms with E-state index in [-0.39, 0.29) is 18.2 Å². The maximum Gasteiger partial charge on any atom is 0.243 e. The molecule has 0 aliphatic rings. The van der Waals surface area contributed by atoms with Crippen molar-refractivity contribution >= 4 is 34.7 Å². The molecule has 5 heteroatoms. The van der Waals surface area contributed by atoms with Gasteiger partial charge in [0, 0.05) is 22.0 Å². The lowest BCUT2D eigenvalue weighted by molar-refractivity contribution is -0.114. The van der Waals surface area contributed by atoms with Crippen molar-refractivity contribution < 1.29 is 9.59 Å². The zero-order valence-corrected chi connectivity index (χ0v) is 13.2. The molecule has 2 N–H and O–H groups in total. The summed E-state index contributed by atoms with van der Waals surface area (Å²) in [6.07, 6.45) is 0. The molecular formula is C17H17ClN2O2. The van der Waals surface area contributed by atoms with E-state index in [0.29, 0.717) is 10.6 Å². The molecule has 0 unspecified atom stereocenters. The highest BCUT2D eigenvalue weighted by Gasteiger charge is 2.06. The summed E-state index contributed by atoms with van der Waals surface area (Å²) in [5.74, 6) is -0.177. The first-order valence-electron chi connectivity index (χ1n) is 6.86. The summed E-state index contributed by atoms with van der Waals surface area (Å²) in [6.45, 7) is 3.50. The summed E-state index contributed by atoms with van der Waals surface area (Å²) in [5.41, 5.74) is 2.97. The van der Waals surface area contributed by atoms with Gasteiger partial charge >= 0.3 is 0 Å². The van der Waals surface area contributed by atoms with Gasteiger partial charge in [0.05, 0.1) is 6.54 Å². The number of nitrogens with one attached hydrogen (secondary N) is 2. The van der Waals surface area contributed by atoms with Gasteiger partial charge in [0.2, 0.25) is 5.91 Å². The Labute approximate surface area is 134 Å². The van der Waals surface area contributed by atoms with Gasteiger partial charge in [-0.05, 0) is 49.7 Å². The van der Waals surface area contributed by atoms with Crippen LogP contribution in [0.2, 0.25) is 5.02 Å². The van der Waals surface area contributed by atoms with Gasteiger partial charge in [0.1, 0.15) is 0 Å². The summed E-state index contributed by atoms with van der Waals surface area (Å²) >= 11 is 5.88. The molecule has 2 aromatic carbocycles. The second-order valence-electron chi connectivity index (χ2n) is 5.00. The first kappa shape index (κ1) is 16.0. The largest absolute Gasteiger partial charge is 0.376 e. The van der Waals surface area contributed by atoms with Gasteiger partial charge in [0.15, 0.2) is 5.78 Å². The van der Waals surface area contributed by atoms with E-state index in [2.05, 4.69) is 10.6 Å². The maximum absolute atomic E-state index is 12.0. The van der Waals surface area contributed by atoms with Crippen molar-refractivity contribution in [3.8, 4) is 0 Å². The zero-order chi connectivity index (χ0) is 16.1. The van der Waals surface area contributed by atoms with Crippen LogP contribution in [0.1, 0.15) is 22.8 Å². The summed E-state index contributed by atoms with van der Waals surface area (Å²) in [5, 5.41) is 6.45. The van der Waals surface area contributed by atoms with Crippen LogP contribution in [0.15, 0.2) is 42.5 Å². The molecule has 0 heterocycles. The van der Waals surface area contributed by atoms with Crippen molar-refractivity contribution in [1.82, 2.24) is 0 Å². The van der Waals surface area contributed by atoms with Gasteiger partial charge in [-0.15, -0.1) is 0 Å². The van der Waals surface area contributed by atoms with E-state index in [1.54, 1.807) is 36.4 Å². The lowest BCUT2D eigenvalue weighted by atomic mass is 10.1. The first-order chi connectivity index (χ1) is 10.5.